The SMILES string of the molecule is OC1(CNCc2ccc(Br)c(Cl)c2)CCOC1. The lowest BCUT2D eigenvalue weighted by Gasteiger charge is -2.20. The first-order valence-electron chi connectivity index (χ1n) is 5.54. The predicted molar refractivity (Wildman–Crippen MR) is 71.2 cm³/mol. The van der Waals surface area contributed by atoms with E-state index in [2.05, 4.69) is 21.2 Å². The Labute approximate surface area is 114 Å². The summed E-state index contributed by atoms with van der Waals surface area (Å²) in [5.41, 5.74) is 0.389. The zero-order valence-electron chi connectivity index (χ0n) is 9.38. The number of hydrogen-bond donors (Lipinski definition) is 2. The van der Waals surface area contributed by atoms with Gasteiger partial charge in [-0.15, -0.1) is 0 Å². The quantitative estimate of drug-likeness (QED) is 0.895. The number of ether oxygens (including phenoxy) is 1. The van der Waals surface area contributed by atoms with Gasteiger partial charge in [0, 0.05) is 30.6 Å². The maximum absolute atomic E-state index is 10.0. The molecule has 1 fully saturated rings. The number of hydrogen-bond acceptors (Lipinski definition) is 3. The first-order chi connectivity index (χ1) is 8.09. The zero-order valence-corrected chi connectivity index (χ0v) is 11.7. The molecule has 5 heteroatoms. The molecule has 0 saturated carbocycles. The molecular weight excluding hydrogens is 305 g/mol. The second-order valence-corrected chi connectivity index (χ2v) is 5.64. The average Bonchev–Trinajstić information content (AvgIpc) is 2.71. The van der Waals surface area contributed by atoms with Crippen molar-refractivity contribution >= 4 is 27.5 Å². The minimum Gasteiger partial charge on any atom is -0.386 e. The van der Waals surface area contributed by atoms with Crippen LogP contribution >= 0.6 is 27.5 Å². The summed E-state index contributed by atoms with van der Waals surface area (Å²) >= 11 is 9.35. The van der Waals surface area contributed by atoms with Crippen LogP contribution in [-0.2, 0) is 11.3 Å². The zero-order chi connectivity index (χ0) is 12.3. The monoisotopic (exact) mass is 319 g/mol. The highest BCUT2D eigenvalue weighted by atomic mass is 79.9. The highest BCUT2D eigenvalue weighted by Gasteiger charge is 2.31. The van der Waals surface area contributed by atoms with E-state index in [0.29, 0.717) is 37.7 Å². The van der Waals surface area contributed by atoms with Crippen LogP contribution in [0.3, 0.4) is 0 Å². The fourth-order valence-corrected chi connectivity index (χ4v) is 2.27. The largest absolute Gasteiger partial charge is 0.386 e. The van der Waals surface area contributed by atoms with Crippen molar-refractivity contribution in [1.82, 2.24) is 5.32 Å². The molecule has 0 aliphatic carbocycles. The lowest BCUT2D eigenvalue weighted by atomic mass is 10.0. The first-order valence-corrected chi connectivity index (χ1v) is 6.71. The second kappa shape index (κ2) is 5.67. The van der Waals surface area contributed by atoms with E-state index in [4.69, 9.17) is 16.3 Å². The molecule has 1 aromatic rings. The van der Waals surface area contributed by atoms with Gasteiger partial charge < -0.3 is 15.2 Å². The van der Waals surface area contributed by atoms with Crippen molar-refractivity contribution in [2.45, 2.75) is 18.6 Å². The normalized spacial score (nSPS) is 24.2. The molecule has 94 valence electrons. The Morgan fingerprint density at radius 3 is 3.00 bits per heavy atom. The molecule has 1 heterocycles. The molecule has 17 heavy (non-hydrogen) atoms. The summed E-state index contributed by atoms with van der Waals surface area (Å²) in [4.78, 5) is 0. The van der Waals surface area contributed by atoms with Gasteiger partial charge in [-0.05, 0) is 33.6 Å². The van der Waals surface area contributed by atoms with Crippen molar-refractivity contribution in [2.75, 3.05) is 19.8 Å². The first kappa shape index (κ1) is 13.3. The highest BCUT2D eigenvalue weighted by Crippen LogP contribution is 2.23. The summed E-state index contributed by atoms with van der Waals surface area (Å²) in [5, 5.41) is 14.0. The highest BCUT2D eigenvalue weighted by molar-refractivity contribution is 9.10. The molecule has 0 radical (unpaired) electrons. The maximum atomic E-state index is 10.0. The van der Waals surface area contributed by atoms with Crippen LogP contribution in [0.25, 0.3) is 0 Å². The lowest BCUT2D eigenvalue weighted by molar-refractivity contribution is 0.0268. The Bertz CT molecular complexity index is 394. The third-order valence-corrected chi connectivity index (χ3v) is 4.08. The summed E-state index contributed by atoms with van der Waals surface area (Å²) < 4.78 is 6.07. The summed E-state index contributed by atoms with van der Waals surface area (Å²) in [6, 6.07) is 5.83. The van der Waals surface area contributed by atoms with Crippen molar-refractivity contribution in [3.63, 3.8) is 0 Å². The number of rotatable bonds is 4. The lowest BCUT2D eigenvalue weighted by Crippen LogP contribution is -2.40. The van der Waals surface area contributed by atoms with Gasteiger partial charge in [-0.2, -0.15) is 0 Å². The van der Waals surface area contributed by atoms with Crippen LogP contribution in [0.1, 0.15) is 12.0 Å². The molecule has 1 aliphatic rings. The number of aliphatic hydroxyl groups is 1. The van der Waals surface area contributed by atoms with Crippen LogP contribution in [0.15, 0.2) is 22.7 Å². The standard InChI is InChI=1S/C12H15BrClNO2/c13-10-2-1-9(5-11(10)14)6-15-7-12(16)3-4-17-8-12/h1-2,5,15-16H,3-4,6-8H2. The van der Waals surface area contributed by atoms with Gasteiger partial charge in [-0.3, -0.25) is 0 Å². The van der Waals surface area contributed by atoms with Gasteiger partial charge in [0.05, 0.1) is 11.6 Å². The minimum absolute atomic E-state index is 0.418. The molecule has 0 bridgehead atoms. The van der Waals surface area contributed by atoms with Gasteiger partial charge in [-0.1, -0.05) is 17.7 Å². The fraction of sp³-hybridized carbons (Fsp3) is 0.500. The Morgan fingerprint density at radius 2 is 2.35 bits per heavy atom. The van der Waals surface area contributed by atoms with Gasteiger partial charge in [0.15, 0.2) is 0 Å². The second-order valence-electron chi connectivity index (χ2n) is 4.38. The topological polar surface area (TPSA) is 41.5 Å². The predicted octanol–water partition coefficient (Wildman–Crippen LogP) is 2.34. The van der Waals surface area contributed by atoms with E-state index in [9.17, 15) is 5.11 Å². The van der Waals surface area contributed by atoms with E-state index in [1.165, 1.54) is 0 Å². The molecule has 0 aromatic heterocycles. The fourth-order valence-electron chi connectivity index (χ4n) is 1.82. The molecule has 0 spiro atoms. The van der Waals surface area contributed by atoms with Gasteiger partial charge in [0.2, 0.25) is 0 Å². The molecule has 1 aromatic carbocycles. The van der Waals surface area contributed by atoms with Crippen LogP contribution in [0.4, 0.5) is 0 Å². The van der Waals surface area contributed by atoms with E-state index in [1.54, 1.807) is 0 Å². The van der Waals surface area contributed by atoms with E-state index in [1.807, 2.05) is 18.2 Å². The van der Waals surface area contributed by atoms with E-state index in [0.717, 1.165) is 10.0 Å². The Morgan fingerprint density at radius 1 is 1.53 bits per heavy atom. The van der Waals surface area contributed by atoms with Crippen LogP contribution in [0.5, 0.6) is 0 Å². The molecule has 2 N–H and O–H groups in total. The van der Waals surface area contributed by atoms with Gasteiger partial charge in [0.1, 0.15) is 5.60 Å². The summed E-state index contributed by atoms with van der Waals surface area (Å²) in [6.07, 6.45) is 0.696. The van der Waals surface area contributed by atoms with Crippen molar-refractivity contribution in [3.8, 4) is 0 Å². The van der Waals surface area contributed by atoms with E-state index < -0.39 is 5.60 Å². The van der Waals surface area contributed by atoms with Crippen LogP contribution in [-0.4, -0.2) is 30.5 Å². The smallest absolute Gasteiger partial charge is 0.102 e. The third kappa shape index (κ3) is 3.66. The molecule has 1 unspecified atom stereocenters. The van der Waals surface area contributed by atoms with Gasteiger partial charge >= 0.3 is 0 Å². The maximum Gasteiger partial charge on any atom is 0.102 e. The molecule has 2 rings (SSSR count). The van der Waals surface area contributed by atoms with Crippen molar-refractivity contribution < 1.29 is 9.84 Å². The molecule has 1 atom stereocenters. The summed E-state index contributed by atoms with van der Waals surface area (Å²) in [7, 11) is 0. The molecular formula is C12H15BrClNO2. The summed E-state index contributed by atoms with van der Waals surface area (Å²) in [6.45, 7) is 2.29. The Kier molecular flexibility index (Phi) is 4.44. The minimum atomic E-state index is -0.709. The van der Waals surface area contributed by atoms with Gasteiger partial charge in [-0.25, -0.2) is 0 Å². The Balaban J connectivity index is 1.83. The number of benzene rings is 1. The van der Waals surface area contributed by atoms with Crippen molar-refractivity contribution in [3.05, 3.63) is 33.3 Å². The molecule has 3 nitrogen and oxygen atoms in total. The molecule has 1 aliphatic heterocycles. The molecule has 1 saturated heterocycles. The third-order valence-electron chi connectivity index (χ3n) is 2.85. The Hall–Kier alpha value is -0.130. The summed E-state index contributed by atoms with van der Waals surface area (Å²) in [5.74, 6) is 0. The van der Waals surface area contributed by atoms with Gasteiger partial charge in [0.25, 0.3) is 0 Å². The van der Waals surface area contributed by atoms with Crippen LogP contribution < -0.4 is 5.32 Å². The number of halogens is 2. The van der Waals surface area contributed by atoms with Crippen molar-refractivity contribution in [1.29, 1.82) is 0 Å². The van der Waals surface area contributed by atoms with Crippen LogP contribution in [0, 0.1) is 0 Å². The van der Waals surface area contributed by atoms with Crippen molar-refractivity contribution in [2.24, 2.45) is 0 Å². The van der Waals surface area contributed by atoms with E-state index in [-0.39, 0.29) is 0 Å². The average molecular weight is 321 g/mol. The number of nitrogens with one attached hydrogen (secondary N) is 1. The van der Waals surface area contributed by atoms with E-state index >= 15 is 0 Å². The van der Waals surface area contributed by atoms with Crippen LogP contribution in [0.2, 0.25) is 5.02 Å². The molecule has 0 amide bonds.